The fourth-order valence-electron chi connectivity index (χ4n) is 0.727. The average molecular weight is 213 g/mol. The minimum Gasteiger partial charge on any atom is -0.490 e. The van der Waals surface area contributed by atoms with Crippen molar-refractivity contribution < 1.29 is 4.74 Å². The van der Waals surface area contributed by atoms with Gasteiger partial charge in [-0.25, -0.2) is 0 Å². The summed E-state index contributed by atoms with van der Waals surface area (Å²) < 4.78 is 4.97. The Labute approximate surface area is 74.8 Å². The molecule has 1 nitrogen and oxygen atoms in total. The summed E-state index contributed by atoms with van der Waals surface area (Å²) in [5, 5.41) is 0. The van der Waals surface area contributed by atoms with Gasteiger partial charge in [0.05, 0.1) is 6.26 Å². The average Bonchev–Trinajstić information content (AvgIpc) is 2.07. The minimum absolute atomic E-state index is 0.538. The number of hydrogen-bond acceptors (Lipinski definition) is 1. The van der Waals surface area contributed by atoms with E-state index in [2.05, 4.69) is 15.9 Å². The van der Waals surface area contributed by atoms with Crippen molar-refractivity contribution in [3.63, 3.8) is 0 Å². The summed E-state index contributed by atoms with van der Waals surface area (Å²) >= 11 is 3.15. The van der Waals surface area contributed by atoms with E-state index in [0.717, 1.165) is 5.56 Å². The van der Waals surface area contributed by atoms with Gasteiger partial charge in [-0.3, -0.25) is 0 Å². The summed E-state index contributed by atoms with van der Waals surface area (Å²) in [7, 11) is 0. The van der Waals surface area contributed by atoms with Gasteiger partial charge < -0.3 is 4.74 Å². The number of hydrogen-bond donors (Lipinski definition) is 0. The first-order chi connectivity index (χ1) is 5.43. The monoisotopic (exact) mass is 212 g/mol. The van der Waals surface area contributed by atoms with E-state index in [1.807, 2.05) is 36.4 Å². The zero-order chi connectivity index (χ0) is 7.94. The highest BCUT2D eigenvalue weighted by molar-refractivity contribution is 9.09. The molecule has 0 heterocycles. The lowest BCUT2D eigenvalue weighted by Crippen LogP contribution is -1.73. The van der Waals surface area contributed by atoms with Crippen LogP contribution in [0.25, 0.3) is 6.08 Å². The molecule has 1 rings (SSSR count). The minimum atomic E-state index is 0.538. The van der Waals surface area contributed by atoms with Crippen LogP contribution >= 0.6 is 15.9 Å². The summed E-state index contributed by atoms with van der Waals surface area (Å²) in [6.45, 7) is 0. The first-order valence-electron chi connectivity index (χ1n) is 3.32. The maximum atomic E-state index is 4.97. The maximum Gasteiger partial charge on any atom is 0.142 e. The van der Waals surface area contributed by atoms with Crippen LogP contribution < -0.4 is 0 Å². The zero-order valence-corrected chi connectivity index (χ0v) is 7.62. The molecule has 0 saturated heterocycles. The molecule has 0 saturated carbocycles. The van der Waals surface area contributed by atoms with Crippen LogP contribution in [0, 0.1) is 0 Å². The third-order valence-electron chi connectivity index (χ3n) is 1.22. The smallest absolute Gasteiger partial charge is 0.142 e. The van der Waals surface area contributed by atoms with E-state index in [4.69, 9.17) is 4.74 Å². The van der Waals surface area contributed by atoms with Crippen LogP contribution in [0.1, 0.15) is 5.56 Å². The Balaban J connectivity index is 2.50. The summed E-state index contributed by atoms with van der Waals surface area (Å²) in [5.41, 5.74) is 1.68. The van der Waals surface area contributed by atoms with Gasteiger partial charge in [-0.15, -0.1) is 0 Å². The molecule has 0 bridgehead atoms. The summed E-state index contributed by atoms with van der Waals surface area (Å²) in [6.07, 6.45) is 3.59. The summed E-state index contributed by atoms with van der Waals surface area (Å²) in [4.78, 5) is 0. The SMILES string of the molecule is BrCOC=Cc1ccccc1. The number of halogens is 1. The van der Waals surface area contributed by atoms with Crippen LogP contribution in [0.15, 0.2) is 36.6 Å². The molecule has 0 amide bonds. The summed E-state index contributed by atoms with van der Waals surface area (Å²) in [6, 6.07) is 10.0. The third kappa shape index (κ3) is 3.23. The number of alkyl halides is 1. The Hall–Kier alpha value is -0.760. The third-order valence-corrected chi connectivity index (χ3v) is 1.48. The molecule has 1 aromatic rings. The molecule has 0 aliphatic heterocycles. The Bertz CT molecular complexity index is 218. The maximum absolute atomic E-state index is 4.97. The molecule has 0 unspecified atom stereocenters. The van der Waals surface area contributed by atoms with Gasteiger partial charge in [0.1, 0.15) is 5.52 Å². The topological polar surface area (TPSA) is 9.23 Å². The van der Waals surface area contributed by atoms with Crippen LogP contribution in [0.2, 0.25) is 0 Å². The largest absolute Gasteiger partial charge is 0.490 e. The molecule has 0 fully saturated rings. The molecule has 0 aromatic heterocycles. The van der Waals surface area contributed by atoms with Gasteiger partial charge in [-0.05, 0) is 27.6 Å². The van der Waals surface area contributed by atoms with Crippen LogP contribution in [0.4, 0.5) is 0 Å². The Morgan fingerprint density at radius 3 is 2.64 bits per heavy atom. The Morgan fingerprint density at radius 1 is 1.27 bits per heavy atom. The predicted molar refractivity (Wildman–Crippen MR) is 50.4 cm³/mol. The second kappa shape index (κ2) is 4.97. The zero-order valence-electron chi connectivity index (χ0n) is 6.03. The van der Waals surface area contributed by atoms with Gasteiger partial charge in [-0.2, -0.15) is 0 Å². The molecule has 11 heavy (non-hydrogen) atoms. The van der Waals surface area contributed by atoms with Crippen molar-refractivity contribution in [1.82, 2.24) is 0 Å². The van der Waals surface area contributed by atoms with Crippen molar-refractivity contribution in [3.8, 4) is 0 Å². The van der Waals surface area contributed by atoms with E-state index in [1.54, 1.807) is 6.26 Å². The van der Waals surface area contributed by atoms with Crippen LogP contribution in [-0.2, 0) is 4.74 Å². The second-order valence-corrected chi connectivity index (χ2v) is 2.45. The lowest BCUT2D eigenvalue weighted by atomic mass is 10.2. The molecule has 0 atom stereocenters. The molecule has 58 valence electrons. The van der Waals surface area contributed by atoms with E-state index in [-0.39, 0.29) is 0 Å². The molecule has 2 heteroatoms. The first kappa shape index (κ1) is 8.34. The first-order valence-corrected chi connectivity index (χ1v) is 4.45. The van der Waals surface area contributed by atoms with Gasteiger partial charge in [0.25, 0.3) is 0 Å². The molecular weight excluding hydrogens is 204 g/mol. The predicted octanol–water partition coefficient (Wildman–Crippen LogP) is 3.03. The summed E-state index contributed by atoms with van der Waals surface area (Å²) in [5.74, 6) is 0. The van der Waals surface area contributed by atoms with Crippen LogP contribution in [-0.4, -0.2) is 5.52 Å². The van der Waals surface area contributed by atoms with E-state index >= 15 is 0 Å². The second-order valence-electron chi connectivity index (χ2n) is 1.99. The Morgan fingerprint density at radius 2 is 2.00 bits per heavy atom. The van der Waals surface area contributed by atoms with Crippen LogP contribution in [0.3, 0.4) is 0 Å². The standard InChI is InChI=1S/C9H9BrO/c10-8-11-7-6-9-4-2-1-3-5-9/h1-7H,8H2. The molecule has 1 aromatic carbocycles. The molecular formula is C9H9BrO. The highest BCUT2D eigenvalue weighted by atomic mass is 79.9. The molecule has 0 spiro atoms. The van der Waals surface area contributed by atoms with Crippen molar-refractivity contribution in [1.29, 1.82) is 0 Å². The number of ether oxygens (including phenoxy) is 1. The van der Waals surface area contributed by atoms with E-state index < -0.39 is 0 Å². The van der Waals surface area contributed by atoms with Gasteiger partial charge >= 0.3 is 0 Å². The Kier molecular flexibility index (Phi) is 3.76. The molecule has 0 aliphatic carbocycles. The van der Waals surface area contributed by atoms with Crippen molar-refractivity contribution in [2.75, 3.05) is 5.52 Å². The lowest BCUT2D eigenvalue weighted by Gasteiger charge is -1.91. The van der Waals surface area contributed by atoms with Crippen molar-refractivity contribution in [2.45, 2.75) is 0 Å². The lowest BCUT2D eigenvalue weighted by molar-refractivity contribution is 0.325. The van der Waals surface area contributed by atoms with E-state index in [0.29, 0.717) is 5.52 Å². The fraction of sp³-hybridized carbons (Fsp3) is 0.111. The van der Waals surface area contributed by atoms with Crippen molar-refractivity contribution in [2.24, 2.45) is 0 Å². The van der Waals surface area contributed by atoms with Crippen molar-refractivity contribution in [3.05, 3.63) is 42.2 Å². The normalized spacial score (nSPS) is 10.3. The van der Waals surface area contributed by atoms with Crippen LogP contribution in [0.5, 0.6) is 0 Å². The molecule has 0 aliphatic rings. The fourth-order valence-corrected chi connectivity index (χ4v) is 0.880. The van der Waals surface area contributed by atoms with Gasteiger partial charge in [0, 0.05) is 0 Å². The van der Waals surface area contributed by atoms with E-state index in [1.165, 1.54) is 0 Å². The number of rotatable bonds is 3. The number of benzene rings is 1. The highest BCUT2D eigenvalue weighted by Crippen LogP contribution is 2.00. The van der Waals surface area contributed by atoms with Gasteiger partial charge in [0.15, 0.2) is 0 Å². The van der Waals surface area contributed by atoms with Gasteiger partial charge in [-0.1, -0.05) is 30.3 Å². The van der Waals surface area contributed by atoms with Crippen molar-refractivity contribution >= 4 is 22.0 Å². The van der Waals surface area contributed by atoms with Gasteiger partial charge in [0.2, 0.25) is 0 Å². The molecule has 0 N–H and O–H groups in total. The molecule has 0 radical (unpaired) electrons. The highest BCUT2D eigenvalue weighted by Gasteiger charge is 1.80. The quantitative estimate of drug-likeness (QED) is 0.553. The van der Waals surface area contributed by atoms with E-state index in [9.17, 15) is 0 Å².